The minimum atomic E-state index is -0.0509. The molecule has 1 atom stereocenters. The fraction of sp³-hybridized carbons (Fsp3) is 0.583. The Morgan fingerprint density at radius 3 is 2.61 bits per heavy atom. The van der Waals surface area contributed by atoms with E-state index in [2.05, 4.69) is 21.2 Å². The predicted octanol–water partition coefficient (Wildman–Crippen LogP) is 2.72. The average molecular weight is 339 g/mol. The van der Waals surface area contributed by atoms with E-state index >= 15 is 0 Å². The lowest BCUT2D eigenvalue weighted by Crippen LogP contribution is -2.30. The van der Waals surface area contributed by atoms with Gasteiger partial charge in [0.1, 0.15) is 5.69 Å². The van der Waals surface area contributed by atoms with Crippen molar-refractivity contribution in [1.29, 1.82) is 0 Å². The van der Waals surface area contributed by atoms with Gasteiger partial charge in [0.25, 0.3) is 5.91 Å². The van der Waals surface area contributed by atoms with Crippen LogP contribution in [-0.4, -0.2) is 23.1 Å². The summed E-state index contributed by atoms with van der Waals surface area (Å²) in [5, 5.41) is 2.88. The van der Waals surface area contributed by atoms with Crippen LogP contribution >= 0.6 is 28.3 Å². The van der Waals surface area contributed by atoms with Crippen LogP contribution in [0.1, 0.15) is 43.7 Å². The standard InChI is InChI=1S/C12H20BrN3O.ClH/c1-8(2)16-7-10(13)6-11(16)12(17)15-5-4-9(3)14;/h6-9H,4-5,14H2,1-3H3,(H,15,17);1H. The molecule has 0 spiro atoms. The summed E-state index contributed by atoms with van der Waals surface area (Å²) in [5.41, 5.74) is 6.31. The summed E-state index contributed by atoms with van der Waals surface area (Å²) in [6.45, 7) is 6.63. The van der Waals surface area contributed by atoms with Gasteiger partial charge in [0, 0.05) is 29.3 Å². The van der Waals surface area contributed by atoms with E-state index in [1.165, 1.54) is 0 Å². The van der Waals surface area contributed by atoms with Crippen molar-refractivity contribution < 1.29 is 4.79 Å². The minimum absolute atomic E-state index is 0. The van der Waals surface area contributed by atoms with Crippen molar-refractivity contribution in [3.8, 4) is 0 Å². The maximum Gasteiger partial charge on any atom is 0.267 e. The zero-order valence-corrected chi connectivity index (χ0v) is 13.3. The second-order valence-corrected chi connectivity index (χ2v) is 5.48. The fourth-order valence-corrected chi connectivity index (χ4v) is 2.00. The summed E-state index contributed by atoms with van der Waals surface area (Å²) in [7, 11) is 0. The Hall–Kier alpha value is -0.520. The normalized spacial score (nSPS) is 12.1. The topological polar surface area (TPSA) is 60.0 Å². The maximum absolute atomic E-state index is 12.0. The lowest BCUT2D eigenvalue weighted by molar-refractivity contribution is 0.0942. The van der Waals surface area contributed by atoms with Gasteiger partial charge >= 0.3 is 0 Å². The first-order valence-corrected chi connectivity index (χ1v) is 6.62. The van der Waals surface area contributed by atoms with Gasteiger partial charge in [-0.2, -0.15) is 0 Å². The van der Waals surface area contributed by atoms with Gasteiger partial charge < -0.3 is 15.6 Å². The van der Waals surface area contributed by atoms with Crippen molar-refractivity contribution in [1.82, 2.24) is 9.88 Å². The molecule has 6 heteroatoms. The molecule has 0 saturated heterocycles. The van der Waals surface area contributed by atoms with E-state index in [9.17, 15) is 4.79 Å². The van der Waals surface area contributed by atoms with Crippen molar-refractivity contribution in [3.63, 3.8) is 0 Å². The number of halogens is 2. The lowest BCUT2D eigenvalue weighted by atomic mass is 10.2. The largest absolute Gasteiger partial charge is 0.351 e. The van der Waals surface area contributed by atoms with Crippen LogP contribution < -0.4 is 11.1 Å². The monoisotopic (exact) mass is 337 g/mol. The number of nitrogens with one attached hydrogen (secondary N) is 1. The maximum atomic E-state index is 12.0. The van der Waals surface area contributed by atoms with Gasteiger partial charge in [-0.3, -0.25) is 4.79 Å². The SMILES string of the molecule is CC(N)CCNC(=O)c1cc(Br)cn1C(C)C.Cl. The van der Waals surface area contributed by atoms with Crippen LogP contribution in [0.2, 0.25) is 0 Å². The Morgan fingerprint density at radius 1 is 1.50 bits per heavy atom. The van der Waals surface area contributed by atoms with E-state index < -0.39 is 0 Å². The van der Waals surface area contributed by atoms with Crippen LogP contribution in [0.25, 0.3) is 0 Å². The quantitative estimate of drug-likeness (QED) is 0.867. The van der Waals surface area contributed by atoms with Gasteiger partial charge in [-0.15, -0.1) is 12.4 Å². The van der Waals surface area contributed by atoms with Crippen molar-refractivity contribution in [2.45, 2.75) is 39.3 Å². The average Bonchev–Trinajstić information content (AvgIpc) is 2.59. The number of hydrogen-bond acceptors (Lipinski definition) is 2. The van der Waals surface area contributed by atoms with Gasteiger partial charge in [0.2, 0.25) is 0 Å². The van der Waals surface area contributed by atoms with Crippen LogP contribution in [0.3, 0.4) is 0 Å². The molecule has 0 radical (unpaired) electrons. The second kappa shape index (κ2) is 7.81. The highest BCUT2D eigenvalue weighted by Gasteiger charge is 2.14. The van der Waals surface area contributed by atoms with E-state index in [1.807, 2.05) is 37.6 Å². The summed E-state index contributed by atoms with van der Waals surface area (Å²) in [6.07, 6.45) is 2.71. The van der Waals surface area contributed by atoms with Crippen LogP contribution in [0.4, 0.5) is 0 Å². The Kier molecular flexibility index (Phi) is 7.59. The summed E-state index contributed by atoms with van der Waals surface area (Å²) >= 11 is 3.39. The van der Waals surface area contributed by atoms with Gasteiger partial charge in [-0.05, 0) is 49.2 Å². The Bertz CT molecular complexity index is 391. The highest BCUT2D eigenvalue weighted by atomic mass is 79.9. The molecule has 1 rings (SSSR count). The third kappa shape index (κ3) is 5.00. The first-order valence-electron chi connectivity index (χ1n) is 5.83. The molecule has 4 nitrogen and oxygen atoms in total. The Morgan fingerprint density at radius 2 is 2.11 bits per heavy atom. The number of nitrogens with two attached hydrogens (primary N) is 1. The number of aromatic nitrogens is 1. The van der Waals surface area contributed by atoms with Crippen LogP contribution in [0, 0.1) is 0 Å². The van der Waals surface area contributed by atoms with Gasteiger partial charge in [-0.25, -0.2) is 0 Å². The number of amides is 1. The third-order valence-corrected chi connectivity index (χ3v) is 2.92. The number of nitrogens with zero attached hydrogens (tertiary/aromatic N) is 1. The number of carbonyl (C=O) groups excluding carboxylic acids is 1. The molecule has 0 fully saturated rings. The molecule has 18 heavy (non-hydrogen) atoms. The molecule has 1 aromatic rings. The summed E-state index contributed by atoms with van der Waals surface area (Å²) in [5.74, 6) is -0.0509. The molecule has 1 amide bonds. The van der Waals surface area contributed by atoms with E-state index in [4.69, 9.17) is 5.73 Å². The molecule has 0 aliphatic heterocycles. The van der Waals surface area contributed by atoms with E-state index in [1.54, 1.807) is 0 Å². The number of hydrogen-bond donors (Lipinski definition) is 2. The lowest BCUT2D eigenvalue weighted by Gasteiger charge is -2.13. The zero-order chi connectivity index (χ0) is 13.0. The first kappa shape index (κ1) is 17.5. The van der Waals surface area contributed by atoms with Crippen LogP contribution in [0.5, 0.6) is 0 Å². The van der Waals surface area contributed by atoms with Gasteiger partial charge in [-0.1, -0.05) is 0 Å². The Labute approximate surface area is 123 Å². The molecular weight excluding hydrogens is 318 g/mol. The molecule has 0 bridgehead atoms. The number of carbonyl (C=O) groups is 1. The molecule has 0 aromatic carbocycles. The molecule has 0 aliphatic rings. The van der Waals surface area contributed by atoms with Gasteiger partial charge in [0.15, 0.2) is 0 Å². The summed E-state index contributed by atoms with van der Waals surface area (Å²) in [4.78, 5) is 12.0. The number of rotatable bonds is 5. The molecule has 0 saturated carbocycles. The summed E-state index contributed by atoms with van der Waals surface area (Å²) < 4.78 is 2.87. The van der Waals surface area contributed by atoms with E-state index in [0.29, 0.717) is 12.2 Å². The summed E-state index contributed by atoms with van der Waals surface area (Å²) in [6, 6.07) is 2.20. The van der Waals surface area contributed by atoms with Crippen molar-refractivity contribution in [2.24, 2.45) is 5.73 Å². The fourth-order valence-electron chi connectivity index (χ4n) is 1.56. The van der Waals surface area contributed by atoms with Crippen molar-refractivity contribution >= 4 is 34.2 Å². The van der Waals surface area contributed by atoms with E-state index in [0.717, 1.165) is 10.9 Å². The predicted molar refractivity (Wildman–Crippen MR) is 80.4 cm³/mol. The minimum Gasteiger partial charge on any atom is -0.351 e. The molecule has 0 aliphatic carbocycles. The molecular formula is C12H21BrClN3O. The van der Waals surface area contributed by atoms with Gasteiger partial charge in [0.05, 0.1) is 0 Å². The van der Waals surface area contributed by atoms with E-state index in [-0.39, 0.29) is 30.4 Å². The van der Waals surface area contributed by atoms with Crippen molar-refractivity contribution in [2.75, 3.05) is 6.54 Å². The highest BCUT2D eigenvalue weighted by molar-refractivity contribution is 9.10. The third-order valence-electron chi connectivity index (χ3n) is 2.49. The molecule has 1 unspecified atom stereocenters. The highest BCUT2D eigenvalue weighted by Crippen LogP contribution is 2.19. The molecule has 3 N–H and O–H groups in total. The molecule has 104 valence electrons. The smallest absolute Gasteiger partial charge is 0.267 e. The Balaban J connectivity index is 0.00000289. The molecule has 1 heterocycles. The van der Waals surface area contributed by atoms with Crippen LogP contribution in [-0.2, 0) is 0 Å². The second-order valence-electron chi connectivity index (χ2n) is 4.57. The van der Waals surface area contributed by atoms with Crippen LogP contribution in [0.15, 0.2) is 16.7 Å². The van der Waals surface area contributed by atoms with Crippen molar-refractivity contribution in [3.05, 3.63) is 22.4 Å². The first-order chi connectivity index (χ1) is 7.91. The zero-order valence-electron chi connectivity index (χ0n) is 10.9. The molecule has 1 aromatic heterocycles.